The first kappa shape index (κ1) is 21.8. The second kappa shape index (κ2) is 11.3. The number of carbonyl (C=O) groups excluding carboxylic acids is 1. The number of piperidine rings is 1. The van der Waals surface area contributed by atoms with E-state index in [9.17, 15) is 4.79 Å². The van der Waals surface area contributed by atoms with Crippen molar-refractivity contribution in [2.45, 2.75) is 38.5 Å². The van der Waals surface area contributed by atoms with Crippen LogP contribution in [0.2, 0.25) is 0 Å². The van der Waals surface area contributed by atoms with Gasteiger partial charge in [0.15, 0.2) is 6.23 Å². The molecule has 1 aromatic carbocycles. The molecule has 0 saturated carbocycles. The fraction of sp³-hybridized carbons (Fsp3) is 0.450. The zero-order chi connectivity index (χ0) is 20.4. The van der Waals surface area contributed by atoms with Crippen molar-refractivity contribution < 1.29 is 9.53 Å². The average molecular weight is 406 g/mol. The molecule has 152 valence electrons. The number of aliphatic imine (C=N–C) groups is 1. The van der Waals surface area contributed by atoms with Crippen molar-refractivity contribution in [1.29, 1.82) is 0 Å². The van der Waals surface area contributed by atoms with Crippen LogP contribution in [0.15, 0.2) is 52.8 Å². The molecule has 1 fully saturated rings. The molecule has 1 unspecified atom stereocenters. The van der Waals surface area contributed by atoms with E-state index in [1.54, 1.807) is 5.01 Å². The Kier molecular flexibility index (Phi) is 8.81. The molecular weight excluding hydrogens is 378 g/mol. The third-order valence-electron chi connectivity index (χ3n) is 4.40. The summed E-state index contributed by atoms with van der Waals surface area (Å²) in [5, 5.41) is 8.80. The van der Waals surface area contributed by atoms with E-state index in [0.717, 1.165) is 25.1 Å². The second-order valence-electron chi connectivity index (χ2n) is 6.46. The minimum atomic E-state index is -0.355. The summed E-state index contributed by atoms with van der Waals surface area (Å²) in [5.74, 6) is 1.69. The van der Waals surface area contributed by atoms with Crippen LogP contribution in [0.25, 0.3) is 0 Å². The van der Waals surface area contributed by atoms with Gasteiger partial charge in [0.25, 0.3) is 0 Å². The summed E-state index contributed by atoms with van der Waals surface area (Å²) in [7, 11) is 0. The standard InChI is InChI=1S/C20H28ClN5O2/c1-16(23-15-24-17(2)28-19-9-5-4-6-10-19)26(22-3)18-8-7-13-25(14-18)20(27)11-12-21/h4-6,9-10,15,17-18H,1,3,7-8,11-14H2,2H3,(H,23,24)/t17?,18-/m1/s1. The number of nitrogens with zero attached hydrogens (tertiary/aromatic N) is 4. The SMILES string of the molecule is C=NN(C(=C)N/C=N\C(C)Oc1ccccc1)[C@@H]1CCCN(C(=O)CCCl)C1. The smallest absolute Gasteiger partial charge is 0.223 e. The Bertz CT molecular complexity index is 682. The summed E-state index contributed by atoms with van der Waals surface area (Å²) in [6.07, 6.45) is 3.32. The monoisotopic (exact) mass is 405 g/mol. The highest BCUT2D eigenvalue weighted by atomic mass is 35.5. The highest BCUT2D eigenvalue weighted by molar-refractivity contribution is 6.18. The predicted octanol–water partition coefficient (Wildman–Crippen LogP) is 3.04. The number of benzene rings is 1. The largest absolute Gasteiger partial charge is 0.469 e. The van der Waals surface area contributed by atoms with Crippen molar-refractivity contribution >= 4 is 30.6 Å². The molecule has 1 N–H and O–H groups in total. The van der Waals surface area contributed by atoms with Crippen LogP contribution in [0.4, 0.5) is 0 Å². The number of carbonyl (C=O) groups is 1. The van der Waals surface area contributed by atoms with E-state index < -0.39 is 0 Å². The van der Waals surface area contributed by atoms with E-state index in [2.05, 4.69) is 28.7 Å². The molecule has 0 aromatic heterocycles. The third kappa shape index (κ3) is 6.56. The third-order valence-corrected chi connectivity index (χ3v) is 4.59. The first-order chi connectivity index (χ1) is 13.5. The number of rotatable bonds is 10. The molecule has 0 radical (unpaired) electrons. The number of ether oxygens (including phenoxy) is 1. The number of likely N-dealkylation sites (tertiary alicyclic amines) is 1. The Balaban J connectivity index is 1.86. The Morgan fingerprint density at radius 3 is 2.93 bits per heavy atom. The minimum Gasteiger partial charge on any atom is -0.469 e. The molecule has 8 heteroatoms. The lowest BCUT2D eigenvalue weighted by Crippen LogP contribution is -2.49. The van der Waals surface area contributed by atoms with Crippen LogP contribution in [0.5, 0.6) is 5.75 Å². The summed E-state index contributed by atoms with van der Waals surface area (Å²) < 4.78 is 5.69. The molecule has 0 aliphatic carbocycles. The zero-order valence-corrected chi connectivity index (χ0v) is 17.0. The molecule has 1 aliphatic rings. The quantitative estimate of drug-likeness (QED) is 0.281. The Morgan fingerprint density at radius 1 is 1.50 bits per heavy atom. The van der Waals surface area contributed by atoms with Crippen LogP contribution in [-0.4, -0.2) is 60.1 Å². The van der Waals surface area contributed by atoms with Gasteiger partial charge in [-0.3, -0.25) is 4.79 Å². The number of hydrogen-bond donors (Lipinski definition) is 1. The highest BCUT2D eigenvalue weighted by Gasteiger charge is 2.28. The van der Waals surface area contributed by atoms with Crippen LogP contribution in [0.3, 0.4) is 0 Å². The van der Waals surface area contributed by atoms with Gasteiger partial charge in [0.05, 0.1) is 12.4 Å². The Labute approximate surface area is 171 Å². The number of alkyl halides is 1. The number of halogens is 1. The molecule has 2 atom stereocenters. The maximum atomic E-state index is 12.1. The van der Waals surface area contributed by atoms with E-state index in [0.29, 0.717) is 24.7 Å². The van der Waals surface area contributed by atoms with E-state index in [-0.39, 0.29) is 18.2 Å². The van der Waals surface area contributed by atoms with Crippen molar-refractivity contribution in [3.63, 3.8) is 0 Å². The summed E-state index contributed by atoms with van der Waals surface area (Å²) in [5.41, 5.74) is 0. The van der Waals surface area contributed by atoms with Gasteiger partial charge in [-0.15, -0.1) is 11.6 Å². The fourth-order valence-electron chi connectivity index (χ4n) is 3.05. The lowest BCUT2D eigenvalue weighted by Gasteiger charge is -2.38. The Hall–Kier alpha value is -2.54. The average Bonchev–Trinajstić information content (AvgIpc) is 2.70. The molecule has 7 nitrogen and oxygen atoms in total. The summed E-state index contributed by atoms with van der Waals surface area (Å²) in [6.45, 7) is 10.8. The van der Waals surface area contributed by atoms with E-state index in [1.807, 2.05) is 42.2 Å². The molecule has 0 bridgehead atoms. The highest BCUT2D eigenvalue weighted by Crippen LogP contribution is 2.19. The first-order valence-electron chi connectivity index (χ1n) is 9.33. The first-order valence-corrected chi connectivity index (χ1v) is 9.87. The summed E-state index contributed by atoms with van der Waals surface area (Å²) >= 11 is 5.69. The van der Waals surface area contributed by atoms with Gasteiger partial charge in [-0.1, -0.05) is 24.8 Å². The molecule has 1 amide bonds. The second-order valence-corrected chi connectivity index (χ2v) is 6.84. The van der Waals surface area contributed by atoms with E-state index in [1.165, 1.54) is 6.34 Å². The number of hydrogen-bond acceptors (Lipinski definition) is 5. The molecule has 2 rings (SSSR count). The van der Waals surface area contributed by atoms with E-state index >= 15 is 0 Å². The maximum Gasteiger partial charge on any atom is 0.223 e. The van der Waals surface area contributed by atoms with Gasteiger partial charge in [-0.2, -0.15) is 5.10 Å². The summed E-state index contributed by atoms with van der Waals surface area (Å²) in [6, 6.07) is 9.51. The molecule has 0 spiro atoms. The number of amides is 1. The van der Waals surface area contributed by atoms with Gasteiger partial charge >= 0.3 is 0 Å². The van der Waals surface area contributed by atoms with Gasteiger partial charge in [0.1, 0.15) is 11.6 Å². The van der Waals surface area contributed by atoms with Crippen molar-refractivity contribution in [2.75, 3.05) is 19.0 Å². The maximum absolute atomic E-state index is 12.1. The van der Waals surface area contributed by atoms with Crippen LogP contribution in [-0.2, 0) is 4.79 Å². The van der Waals surface area contributed by atoms with E-state index in [4.69, 9.17) is 16.3 Å². The molecule has 1 heterocycles. The van der Waals surface area contributed by atoms with Crippen molar-refractivity contribution in [3.05, 3.63) is 42.7 Å². The zero-order valence-electron chi connectivity index (χ0n) is 16.3. The number of hydrazone groups is 1. The van der Waals surface area contributed by atoms with Crippen molar-refractivity contribution in [2.24, 2.45) is 10.1 Å². The lowest BCUT2D eigenvalue weighted by molar-refractivity contribution is -0.132. The lowest BCUT2D eigenvalue weighted by atomic mass is 10.0. The van der Waals surface area contributed by atoms with Crippen LogP contribution in [0.1, 0.15) is 26.2 Å². The van der Waals surface area contributed by atoms with Crippen LogP contribution in [0, 0.1) is 0 Å². The van der Waals surface area contributed by atoms with Crippen molar-refractivity contribution in [1.82, 2.24) is 15.2 Å². The molecular formula is C20H28ClN5O2. The number of para-hydroxylation sites is 1. The molecule has 1 saturated heterocycles. The number of nitrogens with one attached hydrogen (secondary N) is 1. The van der Waals surface area contributed by atoms with Crippen molar-refractivity contribution in [3.8, 4) is 5.75 Å². The molecule has 28 heavy (non-hydrogen) atoms. The van der Waals surface area contributed by atoms with Crippen LogP contribution >= 0.6 is 11.6 Å². The molecule has 1 aliphatic heterocycles. The fourth-order valence-corrected chi connectivity index (χ4v) is 3.21. The summed E-state index contributed by atoms with van der Waals surface area (Å²) in [4.78, 5) is 18.3. The van der Waals surface area contributed by atoms with Gasteiger partial charge in [0, 0.05) is 32.1 Å². The van der Waals surface area contributed by atoms with Gasteiger partial charge in [-0.05, 0) is 31.9 Å². The normalized spacial score (nSPS) is 17.8. The Morgan fingerprint density at radius 2 is 2.25 bits per heavy atom. The predicted molar refractivity (Wildman–Crippen MR) is 114 cm³/mol. The van der Waals surface area contributed by atoms with Gasteiger partial charge in [-0.25, -0.2) is 10.0 Å². The topological polar surface area (TPSA) is 69.5 Å². The van der Waals surface area contributed by atoms with Crippen LogP contribution < -0.4 is 10.1 Å². The van der Waals surface area contributed by atoms with Gasteiger partial charge < -0.3 is 15.0 Å². The molecule has 1 aromatic rings. The van der Waals surface area contributed by atoms with Gasteiger partial charge in [0.2, 0.25) is 5.91 Å². The minimum absolute atomic E-state index is 0.0110.